The molecule has 1 aromatic rings. The number of likely N-dealkylation sites (tertiary alicyclic amines) is 2. The number of carbonyl (C=O) groups is 3. The second-order valence-electron chi connectivity index (χ2n) is 7.07. The SMILES string of the molecule is Cc1ccc(OCC(=O)N2CCC(N3CCCC3)CC2)cc1.O=C(O)C(=O)O. The van der Waals surface area contributed by atoms with Crippen molar-refractivity contribution >= 4 is 17.8 Å². The zero-order chi connectivity index (χ0) is 20.5. The molecular formula is C20H28N2O6. The summed E-state index contributed by atoms with van der Waals surface area (Å²) < 4.78 is 5.60. The zero-order valence-corrected chi connectivity index (χ0v) is 16.2. The first-order valence-electron chi connectivity index (χ1n) is 9.54. The zero-order valence-electron chi connectivity index (χ0n) is 16.2. The first kappa shape index (κ1) is 21.7. The highest BCUT2D eigenvalue weighted by molar-refractivity contribution is 6.27. The molecule has 1 aromatic carbocycles. The fourth-order valence-corrected chi connectivity index (χ4v) is 3.46. The Hall–Kier alpha value is -2.61. The maximum absolute atomic E-state index is 12.3. The molecule has 3 rings (SSSR count). The molecule has 0 bridgehead atoms. The minimum Gasteiger partial charge on any atom is -0.484 e. The van der Waals surface area contributed by atoms with E-state index < -0.39 is 11.9 Å². The predicted octanol–water partition coefficient (Wildman–Crippen LogP) is 1.62. The van der Waals surface area contributed by atoms with E-state index in [1.807, 2.05) is 36.1 Å². The van der Waals surface area contributed by atoms with Crippen molar-refractivity contribution in [3.63, 3.8) is 0 Å². The van der Waals surface area contributed by atoms with Crippen LogP contribution in [0.3, 0.4) is 0 Å². The van der Waals surface area contributed by atoms with Crippen LogP contribution >= 0.6 is 0 Å². The second kappa shape index (κ2) is 10.7. The Balaban J connectivity index is 0.000000409. The maximum atomic E-state index is 12.3. The van der Waals surface area contributed by atoms with Crippen molar-refractivity contribution in [3.8, 4) is 5.75 Å². The summed E-state index contributed by atoms with van der Waals surface area (Å²) in [5.74, 6) is -2.77. The van der Waals surface area contributed by atoms with Crippen LogP contribution in [-0.4, -0.2) is 76.7 Å². The standard InChI is InChI=1S/C18H26N2O2.C2H2O4/c1-15-4-6-17(7-5-15)22-14-18(21)20-12-8-16(9-13-20)19-10-2-3-11-19;3-1(4)2(5)6/h4-7,16H,2-3,8-14H2,1H3;(H,3,4)(H,5,6). The molecule has 8 nitrogen and oxygen atoms in total. The van der Waals surface area contributed by atoms with Crippen LogP contribution in [-0.2, 0) is 14.4 Å². The van der Waals surface area contributed by atoms with Gasteiger partial charge in [0.25, 0.3) is 5.91 Å². The number of aryl methyl sites for hydroxylation is 1. The molecule has 0 saturated carbocycles. The summed E-state index contributed by atoms with van der Waals surface area (Å²) in [4.78, 5) is 35.0. The first-order chi connectivity index (χ1) is 13.4. The Bertz CT molecular complexity index is 650. The van der Waals surface area contributed by atoms with Gasteiger partial charge in [0.05, 0.1) is 0 Å². The largest absolute Gasteiger partial charge is 0.484 e. The third kappa shape index (κ3) is 6.84. The minimum absolute atomic E-state index is 0.112. The lowest BCUT2D eigenvalue weighted by molar-refractivity contribution is -0.159. The number of carboxylic acids is 2. The van der Waals surface area contributed by atoms with Crippen molar-refractivity contribution in [3.05, 3.63) is 29.8 Å². The fraction of sp³-hybridized carbons (Fsp3) is 0.550. The van der Waals surface area contributed by atoms with Crippen molar-refractivity contribution in [2.45, 2.75) is 38.6 Å². The van der Waals surface area contributed by atoms with Crippen molar-refractivity contribution < 1.29 is 29.3 Å². The monoisotopic (exact) mass is 392 g/mol. The van der Waals surface area contributed by atoms with E-state index in [1.54, 1.807) is 0 Å². The van der Waals surface area contributed by atoms with Gasteiger partial charge in [0.15, 0.2) is 6.61 Å². The molecule has 1 amide bonds. The van der Waals surface area contributed by atoms with Gasteiger partial charge in [-0.15, -0.1) is 0 Å². The predicted molar refractivity (Wildman–Crippen MR) is 102 cm³/mol. The van der Waals surface area contributed by atoms with E-state index in [9.17, 15) is 4.79 Å². The Kier molecular flexibility index (Phi) is 8.25. The van der Waals surface area contributed by atoms with Gasteiger partial charge in [-0.3, -0.25) is 4.79 Å². The number of hydrogen-bond acceptors (Lipinski definition) is 5. The molecule has 0 atom stereocenters. The normalized spacial score (nSPS) is 17.5. The lowest BCUT2D eigenvalue weighted by Gasteiger charge is -2.36. The fourth-order valence-electron chi connectivity index (χ4n) is 3.46. The van der Waals surface area contributed by atoms with Gasteiger partial charge in [-0.25, -0.2) is 9.59 Å². The molecule has 154 valence electrons. The van der Waals surface area contributed by atoms with Crippen LogP contribution in [0.25, 0.3) is 0 Å². The summed E-state index contributed by atoms with van der Waals surface area (Å²) in [7, 11) is 0. The Labute approximate surface area is 164 Å². The van der Waals surface area contributed by atoms with Crippen LogP contribution in [0, 0.1) is 6.92 Å². The van der Waals surface area contributed by atoms with Crippen molar-refractivity contribution in [2.24, 2.45) is 0 Å². The minimum atomic E-state index is -1.82. The summed E-state index contributed by atoms with van der Waals surface area (Å²) in [6.45, 7) is 6.43. The van der Waals surface area contributed by atoms with E-state index in [0.717, 1.165) is 31.7 Å². The number of piperidine rings is 1. The molecule has 2 N–H and O–H groups in total. The average Bonchev–Trinajstić information content (AvgIpc) is 3.22. The molecule has 28 heavy (non-hydrogen) atoms. The molecule has 2 saturated heterocycles. The molecule has 2 aliphatic heterocycles. The number of nitrogens with zero attached hydrogens (tertiary/aromatic N) is 2. The van der Waals surface area contributed by atoms with Crippen LogP contribution < -0.4 is 4.74 Å². The third-order valence-electron chi connectivity index (χ3n) is 5.04. The van der Waals surface area contributed by atoms with Crippen LogP contribution in [0.1, 0.15) is 31.2 Å². The van der Waals surface area contributed by atoms with E-state index in [4.69, 9.17) is 24.5 Å². The molecule has 2 fully saturated rings. The lowest BCUT2D eigenvalue weighted by Crippen LogP contribution is -2.47. The number of carbonyl (C=O) groups excluding carboxylic acids is 1. The number of ether oxygens (including phenoxy) is 1. The van der Waals surface area contributed by atoms with Gasteiger partial charge in [0.2, 0.25) is 0 Å². The highest BCUT2D eigenvalue weighted by Gasteiger charge is 2.28. The van der Waals surface area contributed by atoms with E-state index in [2.05, 4.69) is 4.90 Å². The summed E-state index contributed by atoms with van der Waals surface area (Å²) in [6, 6.07) is 8.53. The summed E-state index contributed by atoms with van der Waals surface area (Å²) in [5, 5.41) is 14.8. The van der Waals surface area contributed by atoms with Gasteiger partial charge in [0.1, 0.15) is 5.75 Å². The second-order valence-corrected chi connectivity index (χ2v) is 7.07. The average molecular weight is 392 g/mol. The molecule has 2 heterocycles. The summed E-state index contributed by atoms with van der Waals surface area (Å²) in [5.41, 5.74) is 1.20. The number of rotatable bonds is 4. The van der Waals surface area contributed by atoms with Gasteiger partial charge in [-0.2, -0.15) is 0 Å². The molecule has 0 unspecified atom stereocenters. The van der Waals surface area contributed by atoms with E-state index >= 15 is 0 Å². The number of amides is 1. The Morgan fingerprint density at radius 2 is 1.50 bits per heavy atom. The quantitative estimate of drug-likeness (QED) is 0.750. The van der Waals surface area contributed by atoms with Gasteiger partial charge in [-0.05, 0) is 57.8 Å². The molecule has 8 heteroatoms. The molecule has 0 aromatic heterocycles. The summed E-state index contributed by atoms with van der Waals surface area (Å²) >= 11 is 0. The van der Waals surface area contributed by atoms with Gasteiger partial charge >= 0.3 is 11.9 Å². The van der Waals surface area contributed by atoms with Crippen LogP contribution in [0.15, 0.2) is 24.3 Å². The van der Waals surface area contributed by atoms with Crippen molar-refractivity contribution in [2.75, 3.05) is 32.8 Å². The molecular weight excluding hydrogens is 364 g/mol. The van der Waals surface area contributed by atoms with E-state index in [-0.39, 0.29) is 12.5 Å². The third-order valence-corrected chi connectivity index (χ3v) is 5.04. The smallest absolute Gasteiger partial charge is 0.414 e. The number of aliphatic carboxylic acids is 2. The van der Waals surface area contributed by atoms with Crippen molar-refractivity contribution in [1.29, 1.82) is 0 Å². The highest BCUT2D eigenvalue weighted by Crippen LogP contribution is 2.21. The molecule has 0 radical (unpaired) electrons. The molecule has 0 spiro atoms. The number of hydrogen-bond donors (Lipinski definition) is 2. The van der Waals surface area contributed by atoms with Gasteiger partial charge in [0, 0.05) is 19.1 Å². The van der Waals surface area contributed by atoms with E-state index in [1.165, 1.54) is 31.5 Å². The van der Waals surface area contributed by atoms with Crippen LogP contribution in [0.2, 0.25) is 0 Å². The maximum Gasteiger partial charge on any atom is 0.414 e. The number of carboxylic acid groups (broad SMARTS) is 2. The summed E-state index contributed by atoms with van der Waals surface area (Å²) in [6.07, 6.45) is 4.89. The first-order valence-corrected chi connectivity index (χ1v) is 9.54. The topological polar surface area (TPSA) is 107 Å². The Morgan fingerprint density at radius 3 is 2.00 bits per heavy atom. The van der Waals surface area contributed by atoms with Crippen LogP contribution in [0.5, 0.6) is 5.75 Å². The lowest BCUT2D eigenvalue weighted by atomic mass is 10.0. The van der Waals surface area contributed by atoms with Gasteiger partial charge < -0.3 is 24.7 Å². The molecule has 0 aliphatic carbocycles. The number of benzene rings is 1. The van der Waals surface area contributed by atoms with E-state index in [0.29, 0.717) is 6.04 Å². The van der Waals surface area contributed by atoms with Crippen LogP contribution in [0.4, 0.5) is 0 Å². The molecule has 2 aliphatic rings. The van der Waals surface area contributed by atoms with Gasteiger partial charge in [-0.1, -0.05) is 17.7 Å². The highest BCUT2D eigenvalue weighted by atomic mass is 16.5. The Morgan fingerprint density at radius 1 is 0.964 bits per heavy atom. The van der Waals surface area contributed by atoms with Crippen molar-refractivity contribution in [1.82, 2.24) is 9.80 Å².